The maximum atomic E-state index is 12.1. The van der Waals surface area contributed by atoms with Crippen LogP contribution in [-0.2, 0) is 29.2 Å². The summed E-state index contributed by atoms with van der Waals surface area (Å²) in [4.78, 5) is 31.2. The summed E-state index contributed by atoms with van der Waals surface area (Å²) in [6, 6.07) is 12.5. The molecule has 0 N–H and O–H groups in total. The van der Waals surface area contributed by atoms with Crippen LogP contribution in [0.25, 0.3) is 22.6 Å². The van der Waals surface area contributed by atoms with Gasteiger partial charge in [0.15, 0.2) is 16.6 Å². The number of rotatable bonds is 21. The zero-order chi connectivity index (χ0) is 38.7. The topological polar surface area (TPSA) is 142 Å². The van der Waals surface area contributed by atoms with E-state index in [2.05, 4.69) is 75.3 Å². The number of hydrogen-bond acceptors (Lipinski definition) is 10. The van der Waals surface area contributed by atoms with Gasteiger partial charge in [0, 0.05) is 30.9 Å². The minimum Gasteiger partial charge on any atom is -0.747 e. The molecule has 52 heavy (non-hydrogen) atoms. The molecule has 12 heteroatoms. The number of fused-ring (bicyclic) bond motifs is 2. The number of esters is 2. The number of hydrogen-bond donors (Lipinski definition) is 0. The minimum absolute atomic E-state index is 0.0470. The molecule has 0 radical (unpaired) electrons. The van der Waals surface area contributed by atoms with E-state index in [1.165, 1.54) is 11.0 Å². The molecule has 0 spiro atoms. The second kappa shape index (κ2) is 23.2. The van der Waals surface area contributed by atoms with Gasteiger partial charge in [-0.1, -0.05) is 66.2 Å². The Morgan fingerprint density at radius 2 is 1.44 bits per heavy atom. The zero-order valence-electron chi connectivity index (χ0n) is 32.8. The quantitative estimate of drug-likeness (QED) is 0.0469. The van der Waals surface area contributed by atoms with E-state index in [-0.39, 0.29) is 25.0 Å². The fourth-order valence-electron chi connectivity index (χ4n) is 5.99. The van der Waals surface area contributed by atoms with E-state index in [1.54, 1.807) is 0 Å². The van der Waals surface area contributed by atoms with Crippen molar-refractivity contribution in [3.63, 3.8) is 0 Å². The maximum Gasteiger partial charge on any atom is 0.323 e. The Kier molecular flexibility index (Phi) is 19.9. The molecule has 3 atom stereocenters. The summed E-state index contributed by atoms with van der Waals surface area (Å²) in [5.74, 6) is -0.908. The van der Waals surface area contributed by atoms with Crippen molar-refractivity contribution < 1.29 is 36.5 Å². The number of carbonyl (C=O) groups is 2. The summed E-state index contributed by atoms with van der Waals surface area (Å²) in [5.41, 5.74) is 3.81. The molecule has 0 aromatic heterocycles. The van der Waals surface area contributed by atoms with E-state index in [0.29, 0.717) is 0 Å². The summed E-state index contributed by atoms with van der Waals surface area (Å²) >= 11 is 0. The van der Waals surface area contributed by atoms with Crippen LogP contribution in [0, 0.1) is 11.8 Å². The van der Waals surface area contributed by atoms with Crippen molar-refractivity contribution in [2.75, 3.05) is 44.3 Å². The molecule has 3 rings (SSSR count). The number of unbranched alkanes of at least 4 members (excludes halogenated alkanes) is 2. The summed E-state index contributed by atoms with van der Waals surface area (Å²) in [7, 11) is -5.01. The van der Waals surface area contributed by atoms with Crippen molar-refractivity contribution in [2.45, 2.75) is 118 Å². The second-order valence-electron chi connectivity index (χ2n) is 13.2. The fraction of sp³-hybridized carbons (Fsp3) is 0.650. The molecule has 0 saturated carbocycles. The molecular weight excluding hydrogens is 683 g/mol. The van der Waals surface area contributed by atoms with Crippen molar-refractivity contribution >= 4 is 38.8 Å². The van der Waals surface area contributed by atoms with E-state index < -0.39 is 33.7 Å². The third kappa shape index (κ3) is 14.1. The van der Waals surface area contributed by atoms with Crippen LogP contribution < -0.4 is 14.8 Å². The van der Waals surface area contributed by atoms with Gasteiger partial charge in [-0.2, -0.15) is 0 Å². The van der Waals surface area contributed by atoms with Crippen LogP contribution in [0.1, 0.15) is 113 Å². The lowest BCUT2D eigenvalue weighted by Crippen LogP contribution is -2.35. The number of ether oxygens (including phenoxy) is 2. The minimum atomic E-state index is -5.01. The molecule has 11 nitrogen and oxygen atoms in total. The van der Waals surface area contributed by atoms with E-state index in [1.807, 2.05) is 26.0 Å². The lowest BCUT2D eigenvalue weighted by atomic mass is 10.0. The van der Waals surface area contributed by atoms with Crippen molar-refractivity contribution in [2.24, 2.45) is 11.8 Å². The molecule has 0 amide bonds. The van der Waals surface area contributed by atoms with Crippen molar-refractivity contribution in [1.82, 2.24) is 9.56 Å². The van der Waals surface area contributed by atoms with Gasteiger partial charge in [-0.15, -0.1) is 0 Å². The predicted octanol–water partition coefficient (Wildman–Crippen LogP) is 7.40. The number of carbonyl (C=O) groups excluding carboxylic acids is 2. The Bertz CT molecular complexity index is 1660. The molecule has 1 aliphatic carbocycles. The number of aromatic nitrogens is 1. The molecule has 2 aliphatic rings. The highest BCUT2D eigenvalue weighted by Crippen LogP contribution is 2.27. The highest BCUT2D eigenvalue weighted by atomic mass is 32.2. The summed E-state index contributed by atoms with van der Waals surface area (Å²) in [6.07, 6.45) is 6.58. The van der Waals surface area contributed by atoms with Gasteiger partial charge in [-0.05, 0) is 70.6 Å². The molecule has 292 valence electrons. The van der Waals surface area contributed by atoms with Crippen molar-refractivity contribution in [3.05, 3.63) is 41.8 Å². The van der Waals surface area contributed by atoms with Gasteiger partial charge < -0.3 is 23.3 Å². The third-order valence-corrected chi connectivity index (χ3v) is 10.7. The van der Waals surface area contributed by atoms with Crippen LogP contribution in [0.5, 0.6) is 0 Å². The number of benzene rings is 2. The normalized spacial score (nSPS) is 13.2. The van der Waals surface area contributed by atoms with E-state index in [9.17, 15) is 22.6 Å². The Balaban J connectivity index is 0.000000363. The smallest absolute Gasteiger partial charge is 0.323 e. The summed E-state index contributed by atoms with van der Waals surface area (Å²) < 4.78 is 53.1. The first-order chi connectivity index (χ1) is 24.9. The van der Waals surface area contributed by atoms with Gasteiger partial charge in [0.25, 0.3) is 0 Å². The number of anilines is 1. The monoisotopic (exact) mass is 745 g/mol. The standard InChI is InChI=1S/C20H26N3O.C20H38O7S/c1-5-22(6-2)15-9-11-17-19(13-15)24-20-14-16(23(7-3)8-4)10-12-18(20)21-17;1-5-9-11-16(7-3)14-26-19(21)13-18(28(23,24)25)20(22)27-15-17(8-4)12-10-6-2/h9-14H,5-8H2,1-4H3;16-18H,5-15H2,1-4H3,(H,23,24,25)/q+1;/p-1. The number of nitrogens with zero attached hydrogens (tertiary/aromatic N) is 3. The Morgan fingerprint density at radius 1 is 0.846 bits per heavy atom. The summed E-state index contributed by atoms with van der Waals surface area (Å²) in [5, 5.41) is -0.878. The van der Waals surface area contributed by atoms with Crippen molar-refractivity contribution in [3.8, 4) is 11.5 Å². The van der Waals surface area contributed by atoms with Gasteiger partial charge >= 0.3 is 11.9 Å². The Morgan fingerprint density at radius 3 is 1.96 bits per heavy atom. The molecule has 3 unspecified atom stereocenters. The average Bonchev–Trinajstić information content (AvgIpc) is 3.13. The highest BCUT2D eigenvalue weighted by Gasteiger charge is 2.31. The van der Waals surface area contributed by atoms with Crippen LogP contribution >= 0.6 is 0 Å². The maximum absolute atomic E-state index is 12.1. The second-order valence-corrected chi connectivity index (χ2v) is 14.7. The molecule has 1 aromatic carbocycles. The molecular formula is C40H63N3O8S. The van der Waals surface area contributed by atoms with Gasteiger partial charge in [-0.25, -0.2) is 18.0 Å². The van der Waals surface area contributed by atoms with Gasteiger partial charge in [0.1, 0.15) is 34.4 Å². The van der Waals surface area contributed by atoms with Gasteiger partial charge in [-0.3, -0.25) is 9.59 Å². The summed E-state index contributed by atoms with van der Waals surface area (Å²) in [6.45, 7) is 20.9. The van der Waals surface area contributed by atoms with Crippen LogP contribution in [-0.4, -0.2) is 74.5 Å². The predicted molar refractivity (Wildman–Crippen MR) is 207 cm³/mol. The van der Waals surface area contributed by atoms with Crippen LogP contribution in [0.15, 0.2) is 40.8 Å². The SMILES string of the molecule is CCCCC(CC)COC(=O)CC(C(=O)OCC(CC)CCCC)S(=O)(=O)[O-].CCN(CC)c1ccc2nc3ccc(=[N+](CC)CC)cc-3oc2c1. The van der Waals surface area contributed by atoms with E-state index in [0.717, 1.165) is 100 Å². The molecule has 0 saturated heterocycles. The van der Waals surface area contributed by atoms with Crippen LogP contribution in [0.4, 0.5) is 5.69 Å². The molecule has 0 fully saturated rings. The Hall–Kier alpha value is -3.51. The van der Waals surface area contributed by atoms with Crippen LogP contribution in [0.3, 0.4) is 0 Å². The molecule has 1 aromatic rings. The fourth-order valence-corrected chi connectivity index (χ4v) is 6.63. The first-order valence-corrected chi connectivity index (χ1v) is 20.8. The first-order valence-electron chi connectivity index (χ1n) is 19.3. The average molecular weight is 746 g/mol. The van der Waals surface area contributed by atoms with Gasteiger partial charge in [0.05, 0.1) is 25.7 Å². The highest BCUT2D eigenvalue weighted by molar-refractivity contribution is 7.87. The van der Waals surface area contributed by atoms with Crippen molar-refractivity contribution in [1.29, 1.82) is 0 Å². The molecule has 0 bridgehead atoms. The third-order valence-electron chi connectivity index (χ3n) is 9.60. The largest absolute Gasteiger partial charge is 0.747 e. The van der Waals surface area contributed by atoms with E-state index in [4.69, 9.17) is 18.9 Å². The van der Waals surface area contributed by atoms with Gasteiger partial charge in [0.2, 0.25) is 5.36 Å². The Labute approximate surface area is 311 Å². The lowest BCUT2D eigenvalue weighted by Gasteiger charge is -2.21. The molecule has 1 aliphatic heterocycles. The lowest BCUT2D eigenvalue weighted by molar-refractivity contribution is -0.151. The first kappa shape index (κ1) is 44.7. The van der Waals surface area contributed by atoms with Crippen LogP contribution in [0.2, 0.25) is 0 Å². The van der Waals surface area contributed by atoms with E-state index >= 15 is 0 Å². The zero-order valence-corrected chi connectivity index (χ0v) is 33.6. The molecule has 1 heterocycles.